The Morgan fingerprint density at radius 3 is 2.51 bits per heavy atom. The smallest absolute Gasteiger partial charge is 0.307 e. The van der Waals surface area contributed by atoms with Crippen molar-refractivity contribution in [3.8, 4) is 11.5 Å². The summed E-state index contributed by atoms with van der Waals surface area (Å²) in [6.45, 7) is 6.55. The summed E-state index contributed by atoms with van der Waals surface area (Å²) >= 11 is 6.53. The number of para-hydroxylation sites is 1. The summed E-state index contributed by atoms with van der Waals surface area (Å²) in [6, 6.07) is 27.8. The van der Waals surface area contributed by atoms with Crippen molar-refractivity contribution in [2.24, 2.45) is 0 Å². The van der Waals surface area contributed by atoms with Crippen LogP contribution in [-0.4, -0.2) is 25.3 Å². The minimum atomic E-state index is -0.328. The van der Waals surface area contributed by atoms with E-state index in [2.05, 4.69) is 66.3 Å². The van der Waals surface area contributed by atoms with Gasteiger partial charge in [-0.15, -0.1) is 0 Å². The second-order valence-electron chi connectivity index (χ2n) is 10.0. The van der Waals surface area contributed by atoms with Gasteiger partial charge < -0.3 is 14.8 Å². The number of anilines is 1. The number of aryl methyl sites for hydroxylation is 3. The lowest BCUT2D eigenvalue weighted by atomic mass is 10.00. The van der Waals surface area contributed by atoms with Gasteiger partial charge in [0.25, 0.3) is 0 Å². The molecule has 1 N–H and O–H groups in total. The summed E-state index contributed by atoms with van der Waals surface area (Å²) in [5.41, 5.74) is 7.76. The standard InChI is InChI=1S/C32H30ClN5O/c1-4-27-25-20-37(32(39)34-28-16-15-22(3)19-26(28)33)30(23-11-8-10-21(2)18-23)29-14-9-17-36(29)31(25)38(35-27)24-12-6-5-7-13-24/h5-19,30H,4,20H2,1-3H3,(H,34,39)/t30-/m0/s1. The number of hydrogen-bond donors (Lipinski definition) is 1. The third-order valence-electron chi connectivity index (χ3n) is 7.29. The molecule has 1 aliphatic heterocycles. The molecule has 6 nitrogen and oxygen atoms in total. The van der Waals surface area contributed by atoms with Crippen LogP contribution in [0.15, 0.2) is 91.1 Å². The van der Waals surface area contributed by atoms with E-state index in [1.807, 2.05) is 65.0 Å². The van der Waals surface area contributed by atoms with E-state index in [1.165, 1.54) is 0 Å². The van der Waals surface area contributed by atoms with Crippen LogP contribution in [-0.2, 0) is 13.0 Å². The van der Waals surface area contributed by atoms with Crippen LogP contribution in [0.2, 0.25) is 5.02 Å². The Kier molecular flexibility index (Phi) is 6.49. The van der Waals surface area contributed by atoms with Crippen LogP contribution < -0.4 is 5.32 Å². The number of benzene rings is 3. The van der Waals surface area contributed by atoms with Crippen LogP contribution in [0.4, 0.5) is 10.5 Å². The van der Waals surface area contributed by atoms with Crippen LogP contribution in [0.3, 0.4) is 0 Å². The first kappa shape index (κ1) is 25.0. The number of carbonyl (C=O) groups is 1. The largest absolute Gasteiger partial charge is 0.323 e. The van der Waals surface area contributed by atoms with E-state index in [4.69, 9.17) is 16.7 Å². The quantitative estimate of drug-likeness (QED) is 0.257. The molecule has 0 bridgehead atoms. The van der Waals surface area contributed by atoms with E-state index < -0.39 is 0 Å². The Balaban J connectivity index is 1.55. The average Bonchev–Trinajstić information content (AvgIpc) is 3.51. The lowest BCUT2D eigenvalue weighted by molar-refractivity contribution is 0.194. The van der Waals surface area contributed by atoms with Gasteiger partial charge in [-0.2, -0.15) is 5.10 Å². The number of halogens is 1. The van der Waals surface area contributed by atoms with Crippen LogP contribution >= 0.6 is 11.6 Å². The lowest BCUT2D eigenvalue weighted by Gasteiger charge is -2.31. The third kappa shape index (κ3) is 4.51. The molecule has 0 saturated heterocycles. The number of aromatic nitrogens is 3. The van der Waals surface area contributed by atoms with Crippen LogP contribution in [0, 0.1) is 13.8 Å². The van der Waals surface area contributed by atoms with Gasteiger partial charge in [0.2, 0.25) is 0 Å². The van der Waals surface area contributed by atoms with Gasteiger partial charge >= 0.3 is 6.03 Å². The third-order valence-corrected chi connectivity index (χ3v) is 7.60. The average molecular weight is 536 g/mol. The minimum absolute atomic E-state index is 0.220. The van der Waals surface area contributed by atoms with E-state index >= 15 is 0 Å². The van der Waals surface area contributed by atoms with Crippen molar-refractivity contribution >= 4 is 23.3 Å². The summed E-state index contributed by atoms with van der Waals surface area (Å²) in [7, 11) is 0. The first-order valence-corrected chi connectivity index (χ1v) is 13.6. The molecule has 2 aromatic heterocycles. The molecule has 5 aromatic rings. The number of urea groups is 1. The molecule has 7 heteroatoms. The highest BCUT2D eigenvalue weighted by molar-refractivity contribution is 6.33. The fourth-order valence-corrected chi connectivity index (χ4v) is 5.73. The molecule has 0 unspecified atom stereocenters. The Hall–Kier alpha value is -4.29. The topological polar surface area (TPSA) is 55.1 Å². The van der Waals surface area contributed by atoms with Crippen LogP contribution in [0.5, 0.6) is 0 Å². The predicted molar refractivity (Wildman–Crippen MR) is 156 cm³/mol. The van der Waals surface area contributed by atoms with Crippen molar-refractivity contribution in [1.82, 2.24) is 19.2 Å². The highest BCUT2D eigenvalue weighted by Crippen LogP contribution is 2.39. The SMILES string of the molecule is CCc1nn(-c2ccccc2)c2c1CN(C(=O)Nc1ccc(C)cc1Cl)[C@@H](c1cccc(C)c1)c1cccn1-2. The molecular weight excluding hydrogens is 506 g/mol. The van der Waals surface area contributed by atoms with Gasteiger partial charge in [0.15, 0.2) is 0 Å². The van der Waals surface area contributed by atoms with Gasteiger partial charge in [-0.05, 0) is 67.8 Å². The van der Waals surface area contributed by atoms with Crippen molar-refractivity contribution in [2.75, 3.05) is 5.32 Å². The van der Waals surface area contributed by atoms with Crippen molar-refractivity contribution in [3.63, 3.8) is 0 Å². The van der Waals surface area contributed by atoms with Crippen LogP contribution in [0.25, 0.3) is 11.5 Å². The Bertz CT molecular complexity index is 1670. The highest BCUT2D eigenvalue weighted by atomic mass is 35.5. The van der Waals surface area contributed by atoms with Gasteiger partial charge in [-0.1, -0.05) is 72.6 Å². The zero-order valence-electron chi connectivity index (χ0n) is 22.2. The number of fused-ring (bicyclic) bond motifs is 3. The van der Waals surface area contributed by atoms with E-state index in [9.17, 15) is 4.79 Å². The number of rotatable bonds is 4. The molecule has 2 amide bonds. The molecule has 0 radical (unpaired) electrons. The molecule has 0 fully saturated rings. The van der Waals surface area contributed by atoms with Crippen molar-refractivity contribution in [1.29, 1.82) is 0 Å². The Morgan fingerprint density at radius 1 is 0.974 bits per heavy atom. The number of amides is 2. The van der Waals surface area contributed by atoms with E-state index in [1.54, 1.807) is 0 Å². The minimum Gasteiger partial charge on any atom is -0.307 e. The zero-order chi connectivity index (χ0) is 27.1. The molecule has 1 aliphatic rings. The number of hydrogen-bond acceptors (Lipinski definition) is 2. The molecule has 196 valence electrons. The Labute approximate surface area is 233 Å². The maximum Gasteiger partial charge on any atom is 0.323 e. The summed E-state index contributed by atoms with van der Waals surface area (Å²) in [5, 5.41) is 8.64. The predicted octanol–water partition coefficient (Wildman–Crippen LogP) is 7.63. The lowest BCUT2D eigenvalue weighted by Crippen LogP contribution is -2.38. The summed E-state index contributed by atoms with van der Waals surface area (Å²) < 4.78 is 4.19. The molecule has 0 aliphatic carbocycles. The number of carbonyl (C=O) groups excluding carboxylic acids is 1. The monoisotopic (exact) mass is 535 g/mol. The molecule has 0 saturated carbocycles. The van der Waals surface area contributed by atoms with E-state index in [0.29, 0.717) is 17.3 Å². The molecule has 6 rings (SSSR count). The van der Waals surface area contributed by atoms with Gasteiger partial charge in [0.1, 0.15) is 5.82 Å². The molecule has 0 spiro atoms. The zero-order valence-corrected chi connectivity index (χ0v) is 23.0. The van der Waals surface area contributed by atoms with E-state index in [0.717, 1.165) is 51.6 Å². The van der Waals surface area contributed by atoms with Gasteiger partial charge in [-0.25, -0.2) is 9.48 Å². The molecule has 39 heavy (non-hydrogen) atoms. The van der Waals surface area contributed by atoms with Crippen molar-refractivity contribution < 1.29 is 4.79 Å². The number of nitrogens with zero attached hydrogens (tertiary/aromatic N) is 4. The second kappa shape index (κ2) is 10.1. The maximum absolute atomic E-state index is 14.2. The molecule has 3 heterocycles. The fourth-order valence-electron chi connectivity index (χ4n) is 5.45. The fraction of sp³-hybridized carbons (Fsp3) is 0.188. The number of nitrogens with one attached hydrogen (secondary N) is 1. The molecular formula is C32H30ClN5O. The maximum atomic E-state index is 14.2. The molecule has 1 atom stereocenters. The van der Waals surface area contributed by atoms with Crippen molar-refractivity contribution in [2.45, 2.75) is 39.8 Å². The van der Waals surface area contributed by atoms with Gasteiger partial charge in [-0.3, -0.25) is 0 Å². The summed E-state index contributed by atoms with van der Waals surface area (Å²) in [5.74, 6) is 0.958. The van der Waals surface area contributed by atoms with Crippen LogP contribution in [0.1, 0.15) is 46.6 Å². The second-order valence-corrected chi connectivity index (χ2v) is 10.4. The normalized spacial score (nSPS) is 14.5. The first-order chi connectivity index (χ1) is 18.9. The highest BCUT2D eigenvalue weighted by Gasteiger charge is 2.36. The summed E-state index contributed by atoms with van der Waals surface area (Å²) in [4.78, 5) is 16.1. The van der Waals surface area contributed by atoms with E-state index in [-0.39, 0.29) is 12.1 Å². The first-order valence-electron chi connectivity index (χ1n) is 13.2. The van der Waals surface area contributed by atoms with Gasteiger partial charge in [0, 0.05) is 11.8 Å². The van der Waals surface area contributed by atoms with Crippen molar-refractivity contribution in [3.05, 3.63) is 130 Å². The molecule has 3 aromatic carbocycles. The Morgan fingerprint density at radius 2 is 1.77 bits per heavy atom. The summed E-state index contributed by atoms with van der Waals surface area (Å²) in [6.07, 6.45) is 2.81. The van der Waals surface area contributed by atoms with Gasteiger partial charge in [0.05, 0.1) is 40.4 Å².